The Morgan fingerprint density at radius 2 is 1.30 bits per heavy atom. The van der Waals surface area contributed by atoms with E-state index >= 15 is 0 Å². The number of sulfonamides is 1. The largest absolute Gasteiger partial charge is 0.271 e. The monoisotopic (exact) mass is 419 g/mol. The maximum Gasteiger partial charge on any atom is 0.271 e. The molecule has 0 heterocycles. The number of amides is 1. The summed E-state index contributed by atoms with van der Waals surface area (Å²) in [5, 5.41) is 4.35. The van der Waals surface area contributed by atoms with Crippen LogP contribution in [0.3, 0.4) is 0 Å². The second-order valence-electron chi connectivity index (χ2n) is 7.05. The van der Waals surface area contributed by atoms with E-state index in [1.54, 1.807) is 0 Å². The van der Waals surface area contributed by atoms with Gasteiger partial charge >= 0.3 is 0 Å². The molecule has 4 rings (SSSR count). The summed E-state index contributed by atoms with van der Waals surface area (Å²) in [7, 11) is -3.55. The Kier molecular flexibility index (Phi) is 5.74. The van der Waals surface area contributed by atoms with Gasteiger partial charge in [-0.25, -0.2) is 18.6 Å². The summed E-state index contributed by atoms with van der Waals surface area (Å²) in [5.41, 5.74) is 5.28. The quantitative estimate of drug-likeness (QED) is 0.455. The first kappa shape index (κ1) is 20.0. The minimum absolute atomic E-state index is 0.0294. The topological polar surface area (TPSA) is 87.6 Å². The summed E-state index contributed by atoms with van der Waals surface area (Å²) in [6.45, 7) is 0. The van der Waals surface area contributed by atoms with Crippen LogP contribution in [0.25, 0.3) is 0 Å². The van der Waals surface area contributed by atoms with Crippen LogP contribution in [-0.2, 0) is 10.0 Å². The highest BCUT2D eigenvalue weighted by molar-refractivity contribution is 7.89. The van der Waals surface area contributed by atoms with Crippen molar-refractivity contribution in [1.29, 1.82) is 0 Å². The fraction of sp³-hybridized carbons (Fsp3) is 0.130. The van der Waals surface area contributed by atoms with Crippen LogP contribution in [0.1, 0.15) is 34.3 Å². The van der Waals surface area contributed by atoms with Crippen LogP contribution in [-0.4, -0.2) is 26.1 Å². The van der Waals surface area contributed by atoms with E-state index in [1.165, 1.54) is 24.3 Å². The molecule has 1 aliphatic rings. The van der Waals surface area contributed by atoms with Crippen LogP contribution in [0.4, 0.5) is 0 Å². The van der Waals surface area contributed by atoms with Gasteiger partial charge in [-0.3, -0.25) is 4.79 Å². The SMILES string of the molecule is O=C(NN=C(c1ccccc1)c1ccccc1)c1ccc(S(=O)(=O)NC2CC2)cc1. The van der Waals surface area contributed by atoms with Crippen LogP contribution < -0.4 is 10.1 Å². The van der Waals surface area contributed by atoms with Crippen molar-refractivity contribution in [3.8, 4) is 0 Å². The molecule has 1 aliphatic carbocycles. The van der Waals surface area contributed by atoms with Crippen LogP contribution in [0.5, 0.6) is 0 Å². The molecule has 1 fully saturated rings. The summed E-state index contributed by atoms with van der Waals surface area (Å²) in [6, 6.07) is 25.0. The van der Waals surface area contributed by atoms with Crippen molar-refractivity contribution >= 4 is 21.6 Å². The molecule has 3 aromatic carbocycles. The Morgan fingerprint density at radius 3 is 1.80 bits per heavy atom. The van der Waals surface area contributed by atoms with Crippen molar-refractivity contribution in [2.75, 3.05) is 0 Å². The number of carbonyl (C=O) groups is 1. The highest BCUT2D eigenvalue weighted by Crippen LogP contribution is 2.22. The zero-order valence-electron chi connectivity index (χ0n) is 16.2. The second kappa shape index (κ2) is 8.61. The summed E-state index contributed by atoms with van der Waals surface area (Å²) in [5.74, 6) is -0.418. The summed E-state index contributed by atoms with van der Waals surface area (Å²) in [4.78, 5) is 12.7. The summed E-state index contributed by atoms with van der Waals surface area (Å²) >= 11 is 0. The van der Waals surface area contributed by atoms with Crippen LogP contribution >= 0.6 is 0 Å². The number of benzene rings is 3. The second-order valence-corrected chi connectivity index (χ2v) is 8.77. The molecule has 6 nitrogen and oxygen atoms in total. The van der Waals surface area contributed by atoms with E-state index in [0.717, 1.165) is 24.0 Å². The molecule has 1 amide bonds. The van der Waals surface area contributed by atoms with Gasteiger partial charge < -0.3 is 0 Å². The lowest BCUT2D eigenvalue weighted by Gasteiger charge is -2.09. The molecule has 30 heavy (non-hydrogen) atoms. The molecule has 0 aliphatic heterocycles. The van der Waals surface area contributed by atoms with Crippen molar-refractivity contribution in [1.82, 2.24) is 10.1 Å². The first-order valence-corrected chi connectivity index (χ1v) is 11.1. The first-order valence-electron chi connectivity index (χ1n) is 9.64. The number of nitrogens with one attached hydrogen (secondary N) is 2. The lowest BCUT2D eigenvalue weighted by Crippen LogP contribution is -2.26. The minimum Gasteiger partial charge on any atom is -0.267 e. The molecule has 2 N–H and O–H groups in total. The van der Waals surface area contributed by atoms with Crippen molar-refractivity contribution in [3.05, 3.63) is 102 Å². The number of carbonyl (C=O) groups excluding carboxylic acids is 1. The zero-order valence-corrected chi connectivity index (χ0v) is 17.0. The van der Waals surface area contributed by atoms with Gasteiger partial charge in [0.05, 0.1) is 10.6 Å². The predicted octanol–water partition coefficient (Wildman–Crippen LogP) is 3.31. The summed E-state index contributed by atoms with van der Waals surface area (Å²) < 4.78 is 27.1. The Labute approximate surface area is 175 Å². The van der Waals surface area contributed by atoms with E-state index in [1.807, 2.05) is 60.7 Å². The Balaban J connectivity index is 1.53. The van der Waals surface area contributed by atoms with E-state index in [-0.39, 0.29) is 10.9 Å². The standard InChI is InChI=1S/C23H21N3O3S/c27-23(19-11-15-21(16-12-19)30(28,29)26-20-13-14-20)25-24-22(17-7-3-1-4-8-17)18-9-5-2-6-10-18/h1-12,15-16,20,26H,13-14H2,(H,25,27). The predicted molar refractivity (Wildman–Crippen MR) is 116 cm³/mol. The maximum atomic E-state index is 12.6. The number of hydrogen-bond acceptors (Lipinski definition) is 4. The zero-order chi connectivity index (χ0) is 21.0. The van der Waals surface area contributed by atoms with Gasteiger partial charge in [-0.2, -0.15) is 5.10 Å². The normalized spacial score (nSPS) is 13.5. The van der Waals surface area contributed by atoms with Gasteiger partial charge in [-0.1, -0.05) is 60.7 Å². The van der Waals surface area contributed by atoms with Crippen molar-refractivity contribution in [2.24, 2.45) is 5.10 Å². The Bertz CT molecular complexity index is 1110. The summed E-state index contributed by atoms with van der Waals surface area (Å²) in [6.07, 6.45) is 1.73. The Hall–Kier alpha value is -3.29. The molecule has 0 saturated heterocycles. The maximum absolute atomic E-state index is 12.6. The number of hydrazone groups is 1. The van der Waals surface area contributed by atoms with Crippen molar-refractivity contribution in [3.63, 3.8) is 0 Å². The van der Waals surface area contributed by atoms with Gasteiger partial charge in [-0.15, -0.1) is 0 Å². The molecule has 0 aromatic heterocycles. The van der Waals surface area contributed by atoms with Gasteiger partial charge in [0.2, 0.25) is 10.0 Å². The number of hydrogen-bond donors (Lipinski definition) is 2. The molecule has 0 atom stereocenters. The third-order valence-corrected chi connectivity index (χ3v) is 6.23. The van der Waals surface area contributed by atoms with Crippen LogP contribution in [0.2, 0.25) is 0 Å². The van der Waals surface area contributed by atoms with Gasteiger partial charge in [-0.05, 0) is 37.1 Å². The first-order chi connectivity index (χ1) is 14.5. The third-order valence-electron chi connectivity index (χ3n) is 4.69. The minimum atomic E-state index is -3.55. The fourth-order valence-electron chi connectivity index (χ4n) is 2.93. The van der Waals surface area contributed by atoms with Gasteiger partial charge in [0.15, 0.2) is 0 Å². The molecular weight excluding hydrogens is 398 g/mol. The van der Waals surface area contributed by atoms with Crippen molar-refractivity contribution < 1.29 is 13.2 Å². The van der Waals surface area contributed by atoms with Crippen molar-refractivity contribution in [2.45, 2.75) is 23.8 Å². The van der Waals surface area contributed by atoms with Crippen LogP contribution in [0, 0.1) is 0 Å². The van der Waals surface area contributed by atoms with E-state index in [2.05, 4.69) is 15.2 Å². The van der Waals surface area contributed by atoms with E-state index in [4.69, 9.17) is 0 Å². The molecular formula is C23H21N3O3S. The smallest absolute Gasteiger partial charge is 0.267 e. The number of nitrogens with zero attached hydrogens (tertiary/aromatic N) is 1. The molecule has 0 radical (unpaired) electrons. The average molecular weight is 420 g/mol. The highest BCUT2D eigenvalue weighted by atomic mass is 32.2. The average Bonchev–Trinajstić information content (AvgIpc) is 3.59. The van der Waals surface area contributed by atoms with Gasteiger partial charge in [0, 0.05) is 22.7 Å². The van der Waals surface area contributed by atoms with Gasteiger partial charge in [0.25, 0.3) is 5.91 Å². The van der Waals surface area contributed by atoms with Gasteiger partial charge in [0.1, 0.15) is 0 Å². The van der Waals surface area contributed by atoms with E-state index in [9.17, 15) is 13.2 Å². The number of rotatable bonds is 7. The molecule has 0 spiro atoms. The van der Waals surface area contributed by atoms with Crippen LogP contribution in [0.15, 0.2) is 94.9 Å². The third kappa shape index (κ3) is 4.82. The molecule has 3 aromatic rings. The van der Waals surface area contributed by atoms with E-state index < -0.39 is 15.9 Å². The fourth-order valence-corrected chi connectivity index (χ4v) is 4.24. The molecule has 0 unspecified atom stereocenters. The Morgan fingerprint density at radius 1 is 0.767 bits per heavy atom. The highest BCUT2D eigenvalue weighted by Gasteiger charge is 2.27. The lowest BCUT2D eigenvalue weighted by atomic mass is 10.0. The lowest BCUT2D eigenvalue weighted by molar-refractivity contribution is 0.0955. The molecule has 7 heteroatoms. The molecule has 0 bridgehead atoms. The molecule has 1 saturated carbocycles. The molecule has 152 valence electrons. The van der Waals surface area contributed by atoms with E-state index in [0.29, 0.717) is 11.3 Å².